The molecule has 1 aromatic carbocycles. The number of ether oxygens (including phenoxy) is 1. The number of amides is 1. The van der Waals surface area contributed by atoms with Gasteiger partial charge in [-0.25, -0.2) is 0 Å². The zero-order valence-electron chi connectivity index (χ0n) is 17.6. The second-order valence-corrected chi connectivity index (χ2v) is 9.64. The quantitative estimate of drug-likeness (QED) is 0.643. The maximum absolute atomic E-state index is 13.5. The van der Waals surface area contributed by atoms with Crippen LogP contribution in [0.1, 0.15) is 38.2 Å². The van der Waals surface area contributed by atoms with Gasteiger partial charge < -0.3 is 10.1 Å². The molecule has 2 saturated carbocycles. The molecule has 0 unspecified atom stereocenters. The van der Waals surface area contributed by atoms with Gasteiger partial charge in [-0.2, -0.15) is 11.8 Å². The maximum atomic E-state index is 13.5. The Morgan fingerprint density at radius 2 is 1.87 bits per heavy atom. The lowest BCUT2D eigenvalue weighted by Gasteiger charge is -2.26. The van der Waals surface area contributed by atoms with E-state index in [1.165, 1.54) is 6.92 Å². The van der Waals surface area contributed by atoms with Crippen molar-refractivity contribution in [1.82, 2.24) is 5.32 Å². The van der Waals surface area contributed by atoms with Gasteiger partial charge in [-0.15, -0.1) is 0 Å². The summed E-state index contributed by atoms with van der Waals surface area (Å²) >= 11 is 1.69. The second-order valence-electron chi connectivity index (χ2n) is 8.66. The number of carbonyl (C=O) groups is 3. The average molecular weight is 428 g/mol. The van der Waals surface area contributed by atoms with E-state index in [1.807, 2.05) is 36.6 Å². The van der Waals surface area contributed by atoms with Crippen LogP contribution in [0.5, 0.6) is 0 Å². The molecule has 0 saturated heterocycles. The highest BCUT2D eigenvalue weighted by Crippen LogP contribution is 2.60. The Labute approximate surface area is 182 Å². The first kappa shape index (κ1) is 21.2. The number of thioether (sulfide) groups is 1. The minimum atomic E-state index is -0.355. The molecule has 1 aromatic rings. The number of ketones is 1. The van der Waals surface area contributed by atoms with E-state index in [2.05, 4.69) is 5.32 Å². The monoisotopic (exact) mass is 427 g/mol. The summed E-state index contributed by atoms with van der Waals surface area (Å²) in [7, 11) is 0. The Morgan fingerprint density at radius 3 is 2.53 bits per heavy atom. The van der Waals surface area contributed by atoms with Gasteiger partial charge in [0.25, 0.3) is 0 Å². The van der Waals surface area contributed by atoms with E-state index in [9.17, 15) is 14.4 Å². The van der Waals surface area contributed by atoms with E-state index in [4.69, 9.17) is 4.74 Å². The van der Waals surface area contributed by atoms with Crippen molar-refractivity contribution < 1.29 is 19.1 Å². The van der Waals surface area contributed by atoms with Gasteiger partial charge in [-0.3, -0.25) is 14.4 Å². The normalized spacial score (nSPS) is 27.9. The smallest absolute Gasteiger partial charge is 0.302 e. The highest BCUT2D eigenvalue weighted by Gasteiger charge is 2.58. The van der Waals surface area contributed by atoms with E-state index in [0.29, 0.717) is 29.4 Å². The molecule has 0 spiro atoms. The van der Waals surface area contributed by atoms with Crippen molar-refractivity contribution in [2.75, 3.05) is 18.6 Å². The number of nitrogens with one attached hydrogen (secondary N) is 1. The standard InChI is InChI=1S/C24H29NO4S/c1-14(26)29-13-18(10-11-30-2)25-24(28)22-19-16-8-9-17(12-16)21(19)23(27)20(22)15-6-4-3-5-7-15/h3-7,16-19,21H,8-13H2,1-2H3,(H,25,28)/t16-,17+,18+,19+,21-/m1/s1. The van der Waals surface area contributed by atoms with Crippen LogP contribution in [0.25, 0.3) is 5.57 Å². The van der Waals surface area contributed by atoms with Gasteiger partial charge >= 0.3 is 5.97 Å². The molecule has 4 rings (SSSR count). The number of hydrogen-bond donors (Lipinski definition) is 1. The largest absolute Gasteiger partial charge is 0.464 e. The van der Waals surface area contributed by atoms with Gasteiger partial charge in [0.1, 0.15) is 6.61 Å². The van der Waals surface area contributed by atoms with Crippen molar-refractivity contribution in [2.45, 2.75) is 38.6 Å². The Hall–Kier alpha value is -2.08. The Balaban J connectivity index is 1.65. The molecule has 5 nitrogen and oxygen atoms in total. The van der Waals surface area contributed by atoms with Gasteiger partial charge in [-0.05, 0) is 55.1 Å². The van der Waals surface area contributed by atoms with Crippen LogP contribution in [0.2, 0.25) is 0 Å². The first-order valence-electron chi connectivity index (χ1n) is 10.8. The first-order chi connectivity index (χ1) is 14.5. The molecular formula is C24H29NO4S. The molecule has 1 N–H and O–H groups in total. The topological polar surface area (TPSA) is 72.5 Å². The molecule has 3 aliphatic rings. The molecule has 2 bridgehead atoms. The Kier molecular flexibility index (Phi) is 6.32. The molecule has 6 heteroatoms. The van der Waals surface area contributed by atoms with Crippen molar-refractivity contribution in [2.24, 2.45) is 23.7 Å². The summed E-state index contributed by atoms with van der Waals surface area (Å²) in [6.07, 6.45) is 5.97. The van der Waals surface area contributed by atoms with Gasteiger partial charge in [-0.1, -0.05) is 30.3 Å². The van der Waals surface area contributed by atoms with Crippen molar-refractivity contribution in [1.29, 1.82) is 0 Å². The van der Waals surface area contributed by atoms with Gasteiger partial charge in [0.15, 0.2) is 5.78 Å². The third kappa shape index (κ3) is 3.94. The van der Waals surface area contributed by atoms with Crippen LogP contribution in [0.4, 0.5) is 0 Å². The van der Waals surface area contributed by atoms with Crippen molar-refractivity contribution in [3.63, 3.8) is 0 Å². The van der Waals surface area contributed by atoms with Crippen molar-refractivity contribution in [3.8, 4) is 0 Å². The highest BCUT2D eigenvalue weighted by molar-refractivity contribution is 7.98. The summed E-state index contributed by atoms with van der Waals surface area (Å²) in [6.45, 7) is 1.53. The molecule has 3 aliphatic carbocycles. The molecule has 30 heavy (non-hydrogen) atoms. The minimum Gasteiger partial charge on any atom is -0.464 e. The Morgan fingerprint density at radius 1 is 1.17 bits per heavy atom. The predicted molar refractivity (Wildman–Crippen MR) is 118 cm³/mol. The maximum Gasteiger partial charge on any atom is 0.302 e. The van der Waals surface area contributed by atoms with E-state index >= 15 is 0 Å². The number of fused-ring (bicyclic) bond motifs is 5. The minimum absolute atomic E-state index is 0.0291. The van der Waals surface area contributed by atoms with Crippen LogP contribution in [0, 0.1) is 23.7 Å². The molecule has 1 amide bonds. The second kappa shape index (κ2) is 8.96. The fourth-order valence-electron chi connectivity index (χ4n) is 5.66. The summed E-state index contributed by atoms with van der Waals surface area (Å²) < 4.78 is 5.19. The lowest BCUT2D eigenvalue weighted by atomic mass is 9.78. The lowest BCUT2D eigenvalue weighted by Crippen LogP contribution is -2.41. The van der Waals surface area contributed by atoms with Crippen molar-refractivity contribution >= 4 is 35.0 Å². The van der Waals surface area contributed by atoms with Crippen LogP contribution < -0.4 is 5.32 Å². The molecular weight excluding hydrogens is 398 g/mol. The number of carbonyl (C=O) groups excluding carboxylic acids is 3. The highest BCUT2D eigenvalue weighted by atomic mass is 32.2. The van der Waals surface area contributed by atoms with Crippen LogP contribution in [0.3, 0.4) is 0 Å². The number of rotatable bonds is 8. The van der Waals surface area contributed by atoms with E-state index in [-0.39, 0.29) is 42.1 Å². The number of benzene rings is 1. The summed E-state index contributed by atoms with van der Waals surface area (Å²) in [5.41, 5.74) is 2.11. The molecule has 160 valence electrons. The average Bonchev–Trinajstić information content (AvgIpc) is 3.43. The van der Waals surface area contributed by atoms with Gasteiger partial charge in [0.05, 0.1) is 6.04 Å². The zero-order valence-corrected chi connectivity index (χ0v) is 18.4. The summed E-state index contributed by atoms with van der Waals surface area (Å²) in [5.74, 6) is 1.29. The summed E-state index contributed by atoms with van der Waals surface area (Å²) in [6, 6.07) is 9.34. The molecule has 0 aromatic heterocycles. The van der Waals surface area contributed by atoms with Crippen molar-refractivity contribution in [3.05, 3.63) is 41.5 Å². The molecule has 0 heterocycles. The molecule has 0 radical (unpaired) electrons. The predicted octanol–water partition coefficient (Wildman–Crippen LogP) is 3.49. The molecule has 2 fully saturated rings. The number of allylic oxidation sites excluding steroid dienone is 1. The molecule has 0 aliphatic heterocycles. The van der Waals surface area contributed by atoms with Crippen LogP contribution in [0.15, 0.2) is 35.9 Å². The SMILES string of the molecule is CSCC[C@@H](COC(C)=O)NC(=O)C1=C(c2ccccc2)C(=O)[C@@H]2[C@H]3CC[C@H](C3)[C@H]12. The number of esters is 1. The number of hydrogen-bond acceptors (Lipinski definition) is 5. The lowest BCUT2D eigenvalue weighted by molar-refractivity contribution is -0.142. The fourth-order valence-corrected chi connectivity index (χ4v) is 6.18. The Bertz CT molecular complexity index is 865. The van der Waals surface area contributed by atoms with Gasteiger partial charge in [0.2, 0.25) is 5.91 Å². The summed E-state index contributed by atoms with van der Waals surface area (Å²) in [4.78, 5) is 38.3. The van der Waals surface area contributed by atoms with E-state index in [0.717, 1.165) is 30.6 Å². The number of Topliss-reactive ketones (excluding diaryl/α,β-unsaturated/α-hetero) is 1. The third-order valence-electron chi connectivity index (χ3n) is 6.87. The summed E-state index contributed by atoms with van der Waals surface area (Å²) in [5, 5.41) is 3.10. The van der Waals surface area contributed by atoms with E-state index in [1.54, 1.807) is 11.8 Å². The van der Waals surface area contributed by atoms with Crippen LogP contribution in [-0.4, -0.2) is 42.3 Å². The third-order valence-corrected chi connectivity index (χ3v) is 7.51. The molecule has 5 atom stereocenters. The van der Waals surface area contributed by atoms with Crippen LogP contribution >= 0.6 is 11.8 Å². The zero-order chi connectivity index (χ0) is 21.3. The van der Waals surface area contributed by atoms with Crippen LogP contribution in [-0.2, 0) is 19.1 Å². The van der Waals surface area contributed by atoms with Gasteiger partial charge in [0, 0.05) is 29.9 Å². The first-order valence-corrected chi connectivity index (χ1v) is 12.2. The fraction of sp³-hybridized carbons (Fsp3) is 0.542. The van der Waals surface area contributed by atoms with E-state index < -0.39 is 0 Å².